The van der Waals surface area contributed by atoms with Gasteiger partial charge in [-0.3, -0.25) is 0 Å². The summed E-state index contributed by atoms with van der Waals surface area (Å²) in [5.74, 6) is 0. The largest absolute Gasteiger partial charge is 0.371 e. The lowest BCUT2D eigenvalue weighted by Crippen LogP contribution is -2.32. The average Bonchev–Trinajstić information content (AvgIpc) is 2.43. The molecule has 0 radical (unpaired) electrons. The van der Waals surface area contributed by atoms with Crippen molar-refractivity contribution in [3.8, 4) is 0 Å². The van der Waals surface area contributed by atoms with E-state index in [4.69, 9.17) is 4.74 Å². The first-order chi connectivity index (χ1) is 9.28. The van der Waals surface area contributed by atoms with Crippen LogP contribution in [-0.2, 0) is 11.2 Å². The second kappa shape index (κ2) is 7.86. The van der Waals surface area contributed by atoms with Gasteiger partial charge in [-0.2, -0.15) is 0 Å². The third kappa shape index (κ3) is 5.12. The number of ether oxygens (including phenoxy) is 1. The fraction of sp³-hybridized carbons (Fsp3) is 0.529. The van der Waals surface area contributed by atoms with Crippen molar-refractivity contribution < 1.29 is 4.74 Å². The zero-order valence-electron chi connectivity index (χ0n) is 11.6. The molecular formula is C17H23BrO. The Kier molecular flexibility index (Phi) is 6.12. The molecule has 3 atom stereocenters. The lowest BCUT2D eigenvalue weighted by atomic mass is 9.98. The molecule has 2 heteroatoms. The summed E-state index contributed by atoms with van der Waals surface area (Å²) in [6.45, 7) is 2.16. The molecule has 0 unspecified atom stereocenters. The normalized spacial score (nSPS) is 27.8. The Morgan fingerprint density at radius 2 is 2.05 bits per heavy atom. The molecule has 0 saturated carbocycles. The maximum atomic E-state index is 6.16. The number of allylic oxidation sites excluding steroid dienone is 1. The van der Waals surface area contributed by atoms with Crippen LogP contribution in [0.2, 0.25) is 0 Å². The van der Waals surface area contributed by atoms with E-state index < -0.39 is 0 Å². The predicted molar refractivity (Wildman–Crippen MR) is 84.8 cm³/mol. The number of rotatable bonds is 5. The molecule has 1 heterocycles. The van der Waals surface area contributed by atoms with Gasteiger partial charge >= 0.3 is 0 Å². The van der Waals surface area contributed by atoms with Crippen molar-refractivity contribution in [1.29, 1.82) is 0 Å². The molecule has 104 valence electrons. The molecule has 0 amide bonds. The highest BCUT2D eigenvalue weighted by molar-refractivity contribution is 9.09. The molecule has 1 aliphatic heterocycles. The van der Waals surface area contributed by atoms with Crippen molar-refractivity contribution in [1.82, 2.24) is 0 Å². The Morgan fingerprint density at radius 1 is 1.26 bits per heavy atom. The van der Waals surface area contributed by atoms with Gasteiger partial charge in [0.05, 0.1) is 12.2 Å². The third-order valence-corrected chi connectivity index (χ3v) is 4.31. The van der Waals surface area contributed by atoms with E-state index in [1.807, 2.05) is 0 Å². The van der Waals surface area contributed by atoms with Gasteiger partial charge in [0.2, 0.25) is 0 Å². The molecule has 2 rings (SSSR count). The highest BCUT2D eigenvalue weighted by Crippen LogP contribution is 2.28. The summed E-state index contributed by atoms with van der Waals surface area (Å²) >= 11 is 3.77. The van der Waals surface area contributed by atoms with Gasteiger partial charge in [0.15, 0.2) is 0 Å². The summed E-state index contributed by atoms with van der Waals surface area (Å²) in [6.07, 6.45) is 10.6. The Balaban J connectivity index is 1.84. The maximum Gasteiger partial charge on any atom is 0.0770 e. The Bertz CT molecular complexity index is 388. The summed E-state index contributed by atoms with van der Waals surface area (Å²) in [7, 11) is 0. The Hall–Kier alpha value is -0.600. The first kappa shape index (κ1) is 14.8. The van der Waals surface area contributed by atoms with Gasteiger partial charge in [-0.1, -0.05) is 65.3 Å². The van der Waals surface area contributed by atoms with Crippen LogP contribution in [0.5, 0.6) is 0 Å². The molecule has 1 fully saturated rings. The van der Waals surface area contributed by atoms with E-state index >= 15 is 0 Å². The van der Waals surface area contributed by atoms with Crippen LogP contribution in [0.3, 0.4) is 0 Å². The Morgan fingerprint density at radius 3 is 2.79 bits per heavy atom. The zero-order chi connectivity index (χ0) is 13.5. The fourth-order valence-corrected chi connectivity index (χ4v) is 3.35. The minimum absolute atomic E-state index is 0.291. The second-order valence-electron chi connectivity index (χ2n) is 5.23. The van der Waals surface area contributed by atoms with Crippen molar-refractivity contribution in [2.75, 3.05) is 0 Å². The monoisotopic (exact) mass is 322 g/mol. The molecule has 0 aromatic heterocycles. The lowest BCUT2D eigenvalue weighted by Gasteiger charge is -2.32. The van der Waals surface area contributed by atoms with Crippen LogP contribution in [0, 0.1) is 0 Å². The molecule has 1 aromatic rings. The third-order valence-electron chi connectivity index (χ3n) is 3.56. The standard InChI is InChI=1S/C17H23BrO/c1-2-3-9-16-12-15(18)13-17(19-16)11-10-14-7-5-4-6-8-14/h3-9,15-17H,2,10-13H2,1H3/b9-3+/t15-,16+,17-/m0/s1. The Labute approximate surface area is 125 Å². The highest BCUT2D eigenvalue weighted by atomic mass is 79.9. The van der Waals surface area contributed by atoms with Crippen molar-refractivity contribution in [3.05, 3.63) is 48.0 Å². The summed E-state index contributed by atoms with van der Waals surface area (Å²) in [6, 6.07) is 10.7. The first-order valence-electron chi connectivity index (χ1n) is 7.28. The number of hydrogen-bond donors (Lipinski definition) is 0. The van der Waals surface area contributed by atoms with E-state index in [1.54, 1.807) is 0 Å². The summed E-state index contributed by atoms with van der Waals surface area (Å²) in [5, 5.41) is 0. The molecule has 0 N–H and O–H groups in total. The van der Waals surface area contributed by atoms with Crippen molar-refractivity contribution in [3.63, 3.8) is 0 Å². The van der Waals surface area contributed by atoms with Gasteiger partial charge in [0.25, 0.3) is 0 Å². The number of alkyl halides is 1. The van der Waals surface area contributed by atoms with E-state index in [2.05, 4.69) is 65.3 Å². The predicted octanol–water partition coefficient (Wildman–Crippen LogP) is 4.90. The smallest absolute Gasteiger partial charge is 0.0770 e. The fourth-order valence-electron chi connectivity index (χ4n) is 2.56. The molecule has 1 aromatic carbocycles. The van der Waals surface area contributed by atoms with Crippen LogP contribution in [0.15, 0.2) is 42.5 Å². The van der Waals surface area contributed by atoms with Gasteiger partial charge in [0, 0.05) is 4.83 Å². The van der Waals surface area contributed by atoms with Gasteiger partial charge in [-0.15, -0.1) is 0 Å². The lowest BCUT2D eigenvalue weighted by molar-refractivity contribution is -0.0252. The summed E-state index contributed by atoms with van der Waals surface area (Å²) in [5.41, 5.74) is 1.41. The maximum absolute atomic E-state index is 6.16. The molecule has 1 nitrogen and oxygen atoms in total. The molecule has 1 aliphatic rings. The zero-order valence-corrected chi connectivity index (χ0v) is 13.2. The van der Waals surface area contributed by atoms with Crippen LogP contribution in [-0.4, -0.2) is 17.0 Å². The van der Waals surface area contributed by atoms with Crippen molar-refractivity contribution >= 4 is 15.9 Å². The number of aryl methyl sites for hydroxylation is 1. The van der Waals surface area contributed by atoms with Crippen LogP contribution < -0.4 is 0 Å². The molecule has 0 spiro atoms. The van der Waals surface area contributed by atoms with Gasteiger partial charge in [-0.25, -0.2) is 0 Å². The molecule has 1 saturated heterocycles. The van der Waals surface area contributed by atoms with Gasteiger partial charge in [0.1, 0.15) is 0 Å². The van der Waals surface area contributed by atoms with E-state index in [0.29, 0.717) is 17.0 Å². The van der Waals surface area contributed by atoms with Crippen LogP contribution in [0.4, 0.5) is 0 Å². The topological polar surface area (TPSA) is 9.23 Å². The van der Waals surface area contributed by atoms with Crippen molar-refractivity contribution in [2.24, 2.45) is 0 Å². The van der Waals surface area contributed by atoms with E-state index in [-0.39, 0.29) is 0 Å². The number of benzene rings is 1. The summed E-state index contributed by atoms with van der Waals surface area (Å²) < 4.78 is 6.16. The minimum atomic E-state index is 0.291. The molecule has 0 bridgehead atoms. The van der Waals surface area contributed by atoms with E-state index in [1.165, 1.54) is 5.56 Å². The molecule has 0 aliphatic carbocycles. The quantitative estimate of drug-likeness (QED) is 0.553. The number of hydrogen-bond acceptors (Lipinski definition) is 1. The highest BCUT2D eigenvalue weighted by Gasteiger charge is 2.26. The number of halogens is 1. The van der Waals surface area contributed by atoms with E-state index in [9.17, 15) is 0 Å². The van der Waals surface area contributed by atoms with Crippen LogP contribution in [0.25, 0.3) is 0 Å². The first-order valence-corrected chi connectivity index (χ1v) is 8.19. The van der Waals surface area contributed by atoms with E-state index in [0.717, 1.165) is 32.1 Å². The van der Waals surface area contributed by atoms with Crippen LogP contribution >= 0.6 is 15.9 Å². The van der Waals surface area contributed by atoms with Crippen molar-refractivity contribution in [2.45, 2.75) is 56.1 Å². The summed E-state index contributed by atoms with van der Waals surface area (Å²) in [4.78, 5) is 0.591. The van der Waals surface area contributed by atoms with Gasteiger partial charge in [-0.05, 0) is 37.7 Å². The van der Waals surface area contributed by atoms with Gasteiger partial charge < -0.3 is 4.74 Å². The minimum Gasteiger partial charge on any atom is -0.371 e. The van der Waals surface area contributed by atoms with Crippen LogP contribution in [0.1, 0.15) is 38.2 Å². The molecule has 19 heavy (non-hydrogen) atoms. The average molecular weight is 323 g/mol. The SMILES string of the molecule is CC/C=C/[C@@H]1C[C@H](Br)C[C@H](CCc2ccccc2)O1. The second-order valence-corrected chi connectivity index (χ2v) is 6.52. The molecular weight excluding hydrogens is 300 g/mol.